The summed E-state index contributed by atoms with van der Waals surface area (Å²) >= 11 is 0. The Labute approximate surface area is 92.7 Å². The first-order valence-corrected chi connectivity index (χ1v) is 5.98. The zero-order valence-corrected chi connectivity index (χ0v) is 8.94. The maximum Gasteiger partial charge on any atom is 0.278 e. The molecule has 5 nitrogen and oxygen atoms in total. The van der Waals surface area contributed by atoms with Crippen molar-refractivity contribution < 1.29 is 17.2 Å². The van der Waals surface area contributed by atoms with E-state index in [0.717, 1.165) is 0 Å². The number of aromatic nitrogens is 1. The molecule has 0 saturated carbocycles. The van der Waals surface area contributed by atoms with Crippen molar-refractivity contribution in [2.24, 2.45) is 0 Å². The highest BCUT2D eigenvalue weighted by atomic mass is 35.7. The first-order chi connectivity index (χ1) is 7.29. The van der Waals surface area contributed by atoms with Crippen LogP contribution in [0.5, 0.6) is 0 Å². The molecule has 0 spiro atoms. The van der Waals surface area contributed by atoms with Crippen LogP contribution < -0.4 is 5.43 Å². The molecule has 86 valence electrons. The van der Waals surface area contributed by atoms with Crippen molar-refractivity contribution >= 4 is 19.7 Å². The molecule has 1 aromatic rings. The van der Waals surface area contributed by atoms with Gasteiger partial charge in [-0.2, -0.15) is 5.26 Å². The number of pyridine rings is 1. The van der Waals surface area contributed by atoms with E-state index < -0.39 is 37.1 Å². The fourth-order valence-corrected chi connectivity index (χ4v) is 1.93. The van der Waals surface area contributed by atoms with Crippen molar-refractivity contribution in [3.63, 3.8) is 0 Å². The van der Waals surface area contributed by atoms with Gasteiger partial charge in [-0.15, -0.1) is 0 Å². The molecule has 0 radical (unpaired) electrons. The number of nitriles is 1. The summed E-state index contributed by atoms with van der Waals surface area (Å²) < 4.78 is 46.3. The lowest BCUT2D eigenvalue weighted by atomic mass is 10.2. The van der Waals surface area contributed by atoms with Gasteiger partial charge in [0.2, 0.25) is 5.43 Å². The third kappa shape index (κ3) is 2.20. The van der Waals surface area contributed by atoms with E-state index in [1.54, 1.807) is 0 Å². The minimum Gasteiger partial charge on any atom is -0.350 e. The molecule has 0 fully saturated rings. The highest BCUT2D eigenvalue weighted by Gasteiger charge is 2.23. The lowest BCUT2D eigenvalue weighted by molar-refractivity contribution is 0.149. The molecule has 9 heteroatoms. The Morgan fingerprint density at radius 3 is 2.44 bits per heavy atom. The average molecular weight is 269 g/mol. The zero-order valence-electron chi connectivity index (χ0n) is 7.37. The van der Waals surface area contributed by atoms with Crippen LogP contribution in [-0.2, 0) is 9.05 Å². The van der Waals surface area contributed by atoms with E-state index in [4.69, 9.17) is 15.9 Å². The summed E-state index contributed by atoms with van der Waals surface area (Å²) in [4.78, 5) is 13.2. The second-order valence-corrected chi connectivity index (χ2v) is 5.13. The van der Waals surface area contributed by atoms with Crippen molar-refractivity contribution in [2.45, 2.75) is 11.5 Å². The molecule has 1 N–H and O–H groups in total. The Bertz CT molecular complexity index is 617. The molecule has 0 aliphatic rings. The summed E-state index contributed by atoms with van der Waals surface area (Å²) in [6.07, 6.45) is -2.59. The Balaban J connectivity index is 3.70. The van der Waals surface area contributed by atoms with E-state index >= 15 is 0 Å². The van der Waals surface area contributed by atoms with E-state index in [1.807, 2.05) is 4.98 Å². The predicted molar refractivity (Wildman–Crippen MR) is 49.8 cm³/mol. The summed E-state index contributed by atoms with van der Waals surface area (Å²) in [5, 5.41) is 7.65. The quantitative estimate of drug-likeness (QED) is 0.814. The second kappa shape index (κ2) is 4.19. The van der Waals surface area contributed by atoms with Gasteiger partial charge in [0, 0.05) is 16.9 Å². The smallest absolute Gasteiger partial charge is 0.278 e. The van der Waals surface area contributed by atoms with Crippen LogP contribution in [0.3, 0.4) is 0 Å². The van der Waals surface area contributed by atoms with E-state index in [0.29, 0.717) is 6.20 Å². The standard InChI is InChI=1S/C7H3ClF2N2O3S/c8-16(14,15)7-3(1-11)5(13)4(2-12-7)6(9)10/h2,6H,(H,12,13). The van der Waals surface area contributed by atoms with Gasteiger partial charge in [-0.3, -0.25) is 4.79 Å². The Morgan fingerprint density at radius 2 is 2.06 bits per heavy atom. The van der Waals surface area contributed by atoms with Crippen LogP contribution >= 0.6 is 10.7 Å². The molecule has 0 amide bonds. The van der Waals surface area contributed by atoms with Crippen LogP contribution in [0.25, 0.3) is 0 Å². The number of hydrogen-bond acceptors (Lipinski definition) is 4. The number of H-pyrrole nitrogens is 1. The maximum atomic E-state index is 12.3. The van der Waals surface area contributed by atoms with Crippen LogP contribution in [0.15, 0.2) is 16.0 Å². The van der Waals surface area contributed by atoms with Gasteiger partial charge in [0.25, 0.3) is 15.5 Å². The van der Waals surface area contributed by atoms with Gasteiger partial charge in [0.05, 0.1) is 5.56 Å². The van der Waals surface area contributed by atoms with Crippen LogP contribution in [0.4, 0.5) is 8.78 Å². The summed E-state index contributed by atoms with van der Waals surface area (Å²) in [6.45, 7) is 0. The van der Waals surface area contributed by atoms with Gasteiger partial charge in [-0.05, 0) is 0 Å². The maximum absolute atomic E-state index is 12.3. The third-order valence-corrected chi connectivity index (χ3v) is 2.94. The summed E-state index contributed by atoms with van der Waals surface area (Å²) in [5.41, 5.74) is -3.29. The van der Waals surface area contributed by atoms with Gasteiger partial charge in [0.1, 0.15) is 11.6 Å². The van der Waals surface area contributed by atoms with Gasteiger partial charge in [-0.25, -0.2) is 17.2 Å². The lowest BCUT2D eigenvalue weighted by Crippen LogP contribution is -2.17. The summed E-state index contributed by atoms with van der Waals surface area (Å²) in [7, 11) is 0.549. The van der Waals surface area contributed by atoms with Gasteiger partial charge in [0.15, 0.2) is 5.03 Å². The minimum absolute atomic E-state index is 0.517. The SMILES string of the molecule is N#Cc1c(S(=O)(=O)Cl)[nH]cc(C(F)F)c1=O. The van der Waals surface area contributed by atoms with Crippen LogP contribution in [-0.4, -0.2) is 13.4 Å². The molecular formula is C7H3ClF2N2O3S. The molecule has 0 aliphatic heterocycles. The van der Waals surface area contributed by atoms with Crippen LogP contribution in [0, 0.1) is 11.3 Å². The topological polar surface area (TPSA) is 90.8 Å². The fourth-order valence-electron chi connectivity index (χ4n) is 0.984. The van der Waals surface area contributed by atoms with Gasteiger partial charge < -0.3 is 4.98 Å². The van der Waals surface area contributed by atoms with Crippen molar-refractivity contribution in [3.05, 3.63) is 27.5 Å². The average Bonchev–Trinajstić information content (AvgIpc) is 2.15. The molecule has 1 rings (SSSR count). The molecule has 0 atom stereocenters. The molecule has 1 aromatic heterocycles. The minimum atomic E-state index is -4.36. The van der Waals surface area contributed by atoms with Crippen molar-refractivity contribution in [3.8, 4) is 6.07 Å². The third-order valence-electron chi connectivity index (χ3n) is 1.67. The van der Waals surface area contributed by atoms with E-state index in [1.165, 1.54) is 6.07 Å². The number of hydrogen-bond donors (Lipinski definition) is 1. The highest BCUT2D eigenvalue weighted by Crippen LogP contribution is 2.19. The molecule has 0 saturated heterocycles. The molecule has 16 heavy (non-hydrogen) atoms. The van der Waals surface area contributed by atoms with Crippen LogP contribution in [0.1, 0.15) is 17.6 Å². The van der Waals surface area contributed by atoms with Crippen molar-refractivity contribution in [1.29, 1.82) is 5.26 Å². The number of aromatic amines is 1. The lowest BCUT2D eigenvalue weighted by Gasteiger charge is -2.02. The van der Waals surface area contributed by atoms with E-state index in [2.05, 4.69) is 0 Å². The number of nitrogens with one attached hydrogen (secondary N) is 1. The second-order valence-electron chi connectivity index (χ2n) is 2.63. The van der Waals surface area contributed by atoms with Crippen LogP contribution in [0.2, 0.25) is 0 Å². The Kier molecular flexibility index (Phi) is 3.30. The summed E-state index contributed by atoms with van der Waals surface area (Å²) in [5.74, 6) is 0. The first-order valence-electron chi connectivity index (χ1n) is 3.67. The molecule has 1 heterocycles. The Morgan fingerprint density at radius 1 is 1.50 bits per heavy atom. The molecule has 0 unspecified atom stereocenters. The highest BCUT2D eigenvalue weighted by molar-refractivity contribution is 8.13. The molecular weight excluding hydrogens is 266 g/mol. The molecule has 0 aromatic carbocycles. The fraction of sp³-hybridized carbons (Fsp3) is 0.143. The Hall–Kier alpha value is -1.46. The first kappa shape index (κ1) is 12.6. The monoisotopic (exact) mass is 268 g/mol. The largest absolute Gasteiger partial charge is 0.350 e. The number of nitrogens with zero attached hydrogens (tertiary/aromatic N) is 1. The molecule has 0 aliphatic carbocycles. The normalized spacial score (nSPS) is 11.4. The summed E-state index contributed by atoms with van der Waals surface area (Å²) in [6, 6.07) is 1.22. The van der Waals surface area contributed by atoms with E-state index in [9.17, 15) is 22.0 Å². The number of alkyl halides is 2. The van der Waals surface area contributed by atoms with Gasteiger partial charge >= 0.3 is 0 Å². The van der Waals surface area contributed by atoms with Gasteiger partial charge in [-0.1, -0.05) is 0 Å². The predicted octanol–water partition coefficient (Wildman–Crippen LogP) is 1.11. The van der Waals surface area contributed by atoms with E-state index in [-0.39, 0.29) is 0 Å². The van der Waals surface area contributed by atoms with Crippen molar-refractivity contribution in [2.75, 3.05) is 0 Å². The number of halogens is 3. The number of rotatable bonds is 2. The molecule has 0 bridgehead atoms. The zero-order chi connectivity index (χ0) is 12.5. The van der Waals surface area contributed by atoms with Crippen molar-refractivity contribution in [1.82, 2.24) is 4.98 Å².